The molecule has 4 nitrogen and oxygen atoms in total. The van der Waals surface area contributed by atoms with Crippen LogP contribution in [0.1, 0.15) is 0 Å². The summed E-state index contributed by atoms with van der Waals surface area (Å²) in [5, 5.41) is 18.1. The monoisotopic (exact) mass is 138 g/mol. The Morgan fingerprint density at radius 2 is 2.30 bits per heavy atom. The molecular formula is C6H6N2O2. The van der Waals surface area contributed by atoms with Crippen molar-refractivity contribution in [2.75, 3.05) is 0 Å². The number of nitrogens with zero attached hydrogens (tertiary/aromatic N) is 1. The van der Waals surface area contributed by atoms with E-state index in [0.717, 1.165) is 4.73 Å². The molecular weight excluding hydrogens is 132 g/mol. The van der Waals surface area contributed by atoms with Crippen LogP contribution in [0.3, 0.4) is 0 Å². The zero-order chi connectivity index (χ0) is 7.14. The minimum absolute atomic E-state index is 0.0579. The van der Waals surface area contributed by atoms with Crippen molar-refractivity contribution in [1.82, 2.24) is 9.71 Å². The average molecular weight is 138 g/mol. The van der Waals surface area contributed by atoms with Gasteiger partial charge in [0.1, 0.15) is 11.0 Å². The number of fused-ring (bicyclic) bond motifs is 1. The highest BCUT2D eigenvalue weighted by atomic mass is 16.5. The number of nitrogens with one attached hydrogen (secondary N) is 1. The van der Waals surface area contributed by atoms with Gasteiger partial charge in [-0.25, -0.2) is 0 Å². The molecule has 2 rings (SSSR count). The predicted octanol–water partition coefficient (Wildman–Crippen LogP) is 0.912. The third-order valence-corrected chi connectivity index (χ3v) is 1.47. The molecule has 0 saturated heterocycles. The van der Waals surface area contributed by atoms with Crippen LogP contribution in [0, 0.1) is 0 Å². The van der Waals surface area contributed by atoms with Gasteiger partial charge in [-0.15, -0.1) is 0 Å². The number of rotatable bonds is 0. The van der Waals surface area contributed by atoms with Gasteiger partial charge < -0.3 is 15.3 Å². The molecule has 2 aromatic heterocycles. The van der Waals surface area contributed by atoms with Gasteiger partial charge in [-0.3, -0.25) is 0 Å². The van der Waals surface area contributed by atoms with E-state index in [-0.39, 0.29) is 5.75 Å². The van der Waals surface area contributed by atoms with Crippen molar-refractivity contribution >= 4 is 11.0 Å². The normalized spacial score (nSPS) is 10.8. The van der Waals surface area contributed by atoms with Crippen molar-refractivity contribution in [3.63, 3.8) is 0 Å². The molecule has 0 unspecified atom stereocenters. The highest BCUT2D eigenvalue weighted by Gasteiger charge is 2.05. The number of aromatic amines is 1. The third-order valence-electron chi connectivity index (χ3n) is 1.47. The molecule has 2 aromatic rings. The first-order valence-corrected chi connectivity index (χ1v) is 2.85. The van der Waals surface area contributed by atoms with Gasteiger partial charge in [-0.05, 0) is 6.07 Å². The zero-order valence-electron chi connectivity index (χ0n) is 5.07. The van der Waals surface area contributed by atoms with Crippen molar-refractivity contribution in [2.24, 2.45) is 0 Å². The molecule has 0 aliphatic carbocycles. The Morgan fingerprint density at radius 1 is 1.50 bits per heavy atom. The first-order valence-electron chi connectivity index (χ1n) is 2.85. The summed E-state index contributed by atoms with van der Waals surface area (Å²) in [5.41, 5.74) is 1.14. The molecule has 52 valence electrons. The largest absolute Gasteiger partial charge is 0.504 e. The molecule has 3 N–H and O–H groups in total. The molecule has 0 fully saturated rings. The summed E-state index contributed by atoms with van der Waals surface area (Å²) in [5.74, 6) is 0.0579. The van der Waals surface area contributed by atoms with Crippen LogP contribution in [0.15, 0.2) is 18.5 Å². The van der Waals surface area contributed by atoms with E-state index in [4.69, 9.17) is 10.3 Å². The fraction of sp³-hybridized carbons (Fsp3) is 0. The smallest absolute Gasteiger partial charge is 0.161 e. The summed E-state index contributed by atoms with van der Waals surface area (Å²) in [4.78, 5) is 2.78. The molecule has 0 bridgehead atoms. The number of hydrogen-bond donors (Lipinski definition) is 3. The Labute approximate surface area is 56.3 Å². The lowest BCUT2D eigenvalue weighted by Crippen LogP contribution is -1.82. The van der Waals surface area contributed by atoms with Crippen LogP contribution < -0.4 is 0 Å². The summed E-state index contributed by atoms with van der Waals surface area (Å²) >= 11 is 0. The second-order valence-electron chi connectivity index (χ2n) is 2.10. The molecule has 10 heavy (non-hydrogen) atoms. The van der Waals surface area contributed by atoms with Crippen LogP contribution in [0.4, 0.5) is 0 Å². The fourth-order valence-electron chi connectivity index (χ4n) is 1.01. The molecule has 0 aromatic carbocycles. The van der Waals surface area contributed by atoms with Gasteiger partial charge in [-0.1, -0.05) is 0 Å². The molecule has 0 amide bonds. The lowest BCUT2D eigenvalue weighted by atomic mass is 10.5. The second-order valence-corrected chi connectivity index (χ2v) is 2.10. The van der Waals surface area contributed by atoms with Gasteiger partial charge >= 0.3 is 0 Å². The molecule has 0 aliphatic rings. The highest BCUT2D eigenvalue weighted by molar-refractivity contribution is 5.82. The molecule has 0 spiro atoms. The van der Waals surface area contributed by atoms with E-state index in [2.05, 4.69) is 4.98 Å². The predicted molar refractivity (Wildman–Crippen MR) is 35.1 cm³/mol. The zero-order valence-corrected chi connectivity index (χ0v) is 5.07. The maximum Gasteiger partial charge on any atom is 0.161 e. The highest BCUT2D eigenvalue weighted by Crippen LogP contribution is 2.23. The first kappa shape index (κ1) is 5.22. The average Bonchev–Trinajstić information content (AvgIpc) is 2.39. The van der Waals surface area contributed by atoms with Crippen molar-refractivity contribution in [3.8, 4) is 5.75 Å². The van der Waals surface area contributed by atoms with Crippen molar-refractivity contribution in [1.29, 1.82) is 0 Å². The fourth-order valence-corrected chi connectivity index (χ4v) is 1.01. The maximum absolute atomic E-state index is 9.07. The van der Waals surface area contributed by atoms with E-state index in [1.54, 1.807) is 12.3 Å². The van der Waals surface area contributed by atoms with E-state index >= 15 is 0 Å². The molecule has 0 saturated carbocycles. The van der Waals surface area contributed by atoms with Crippen LogP contribution in [0.5, 0.6) is 5.75 Å². The van der Waals surface area contributed by atoms with Crippen LogP contribution in [-0.2, 0) is 0 Å². The quantitative estimate of drug-likeness (QED) is 0.474. The SMILES string of the molecule is Oc1cn(O)c2cc[nH]c12. The summed E-state index contributed by atoms with van der Waals surface area (Å²) < 4.78 is 0.876. The third kappa shape index (κ3) is 0.452. The standard InChI is InChI=1S/C6H6N2O2/c9-5-3-8(10)4-1-2-7-6(4)5/h1-3,7,9-10H. The lowest BCUT2D eigenvalue weighted by Gasteiger charge is -1.84. The Balaban J connectivity index is 2.98. The lowest BCUT2D eigenvalue weighted by molar-refractivity contribution is 0.198. The van der Waals surface area contributed by atoms with Gasteiger partial charge in [-0.2, -0.15) is 4.73 Å². The van der Waals surface area contributed by atoms with Gasteiger partial charge in [0.2, 0.25) is 0 Å². The summed E-state index contributed by atoms with van der Waals surface area (Å²) in [6.07, 6.45) is 2.89. The van der Waals surface area contributed by atoms with Crippen molar-refractivity contribution in [3.05, 3.63) is 18.5 Å². The van der Waals surface area contributed by atoms with E-state index < -0.39 is 0 Å². The van der Waals surface area contributed by atoms with Gasteiger partial charge in [0.25, 0.3) is 0 Å². The molecule has 4 heteroatoms. The second kappa shape index (κ2) is 1.47. The minimum Gasteiger partial charge on any atom is -0.504 e. The molecule has 0 atom stereocenters. The number of H-pyrrole nitrogens is 1. The summed E-state index contributed by atoms with van der Waals surface area (Å²) in [6, 6.07) is 1.68. The minimum atomic E-state index is 0.0579. The topological polar surface area (TPSA) is 61.2 Å². The van der Waals surface area contributed by atoms with Crippen molar-refractivity contribution in [2.45, 2.75) is 0 Å². The number of aromatic nitrogens is 2. The van der Waals surface area contributed by atoms with E-state index in [9.17, 15) is 0 Å². The number of hydrogen-bond acceptors (Lipinski definition) is 2. The van der Waals surface area contributed by atoms with Crippen LogP contribution >= 0.6 is 0 Å². The maximum atomic E-state index is 9.07. The van der Waals surface area contributed by atoms with Crippen LogP contribution in [-0.4, -0.2) is 20.0 Å². The first-order chi connectivity index (χ1) is 4.79. The Hall–Kier alpha value is -1.58. The summed E-state index contributed by atoms with van der Waals surface area (Å²) in [7, 11) is 0. The summed E-state index contributed by atoms with van der Waals surface area (Å²) in [6.45, 7) is 0. The van der Waals surface area contributed by atoms with Gasteiger partial charge in [0.15, 0.2) is 5.75 Å². The van der Waals surface area contributed by atoms with E-state index in [1.807, 2.05) is 0 Å². The Kier molecular flexibility index (Phi) is 0.768. The number of aromatic hydroxyl groups is 1. The Bertz CT molecular complexity index is 329. The van der Waals surface area contributed by atoms with Gasteiger partial charge in [0.05, 0.1) is 6.20 Å². The molecule has 2 heterocycles. The van der Waals surface area contributed by atoms with Gasteiger partial charge in [0, 0.05) is 6.20 Å². The van der Waals surface area contributed by atoms with Crippen LogP contribution in [0.25, 0.3) is 11.0 Å². The van der Waals surface area contributed by atoms with E-state index in [0.29, 0.717) is 11.0 Å². The molecule has 0 radical (unpaired) electrons. The Morgan fingerprint density at radius 3 is 3.00 bits per heavy atom. The van der Waals surface area contributed by atoms with E-state index in [1.165, 1.54) is 6.20 Å². The molecule has 0 aliphatic heterocycles. The van der Waals surface area contributed by atoms with Crippen molar-refractivity contribution < 1.29 is 10.3 Å². The van der Waals surface area contributed by atoms with Crippen LogP contribution in [0.2, 0.25) is 0 Å².